The number of rotatable bonds is 1. The largest absolute Gasteiger partial charge is 0.325 e. The molecule has 1 aromatic heterocycles. The van der Waals surface area contributed by atoms with E-state index >= 15 is 0 Å². The molecule has 2 aromatic rings. The van der Waals surface area contributed by atoms with Crippen molar-refractivity contribution in [2.75, 3.05) is 11.9 Å². The van der Waals surface area contributed by atoms with Crippen LogP contribution >= 0.6 is 11.3 Å². The fourth-order valence-electron chi connectivity index (χ4n) is 2.12. The summed E-state index contributed by atoms with van der Waals surface area (Å²) in [6.45, 7) is 0.535. The van der Waals surface area contributed by atoms with Gasteiger partial charge in [0.05, 0.1) is 5.56 Å². The summed E-state index contributed by atoms with van der Waals surface area (Å²) in [5.74, 6) is -0.262. The van der Waals surface area contributed by atoms with Crippen molar-refractivity contribution in [1.29, 1.82) is 0 Å². The van der Waals surface area contributed by atoms with Crippen molar-refractivity contribution in [2.45, 2.75) is 6.54 Å². The van der Waals surface area contributed by atoms with Crippen molar-refractivity contribution < 1.29 is 9.59 Å². The predicted octanol–water partition coefficient (Wildman–Crippen LogP) is 2.34. The molecule has 0 saturated heterocycles. The van der Waals surface area contributed by atoms with E-state index in [1.165, 1.54) is 11.3 Å². The third-order valence-corrected chi connectivity index (χ3v) is 3.73. The minimum Gasteiger partial charge on any atom is -0.325 e. The Balaban J connectivity index is 1.92. The summed E-state index contributed by atoms with van der Waals surface area (Å²) >= 11 is 1.48. The van der Waals surface area contributed by atoms with Crippen molar-refractivity contribution in [3.63, 3.8) is 0 Å². The highest BCUT2D eigenvalue weighted by Gasteiger charge is 2.23. The van der Waals surface area contributed by atoms with Gasteiger partial charge in [-0.15, -0.1) is 0 Å². The van der Waals surface area contributed by atoms with Crippen molar-refractivity contribution in [1.82, 2.24) is 4.90 Å². The maximum absolute atomic E-state index is 12.3. The van der Waals surface area contributed by atoms with Crippen LogP contribution in [-0.2, 0) is 11.3 Å². The molecule has 4 nitrogen and oxygen atoms in total. The number of hydrogen-bond donors (Lipinski definition) is 1. The van der Waals surface area contributed by atoms with Crippen LogP contribution in [0.5, 0.6) is 0 Å². The lowest BCUT2D eigenvalue weighted by molar-refractivity contribution is -0.116. The Hall–Kier alpha value is -2.14. The molecule has 2 amide bonds. The van der Waals surface area contributed by atoms with E-state index in [-0.39, 0.29) is 18.4 Å². The van der Waals surface area contributed by atoms with Crippen molar-refractivity contribution >= 4 is 28.8 Å². The molecule has 0 fully saturated rings. The highest BCUT2D eigenvalue weighted by atomic mass is 32.1. The molecule has 0 unspecified atom stereocenters. The first-order chi connectivity index (χ1) is 9.24. The second-order valence-electron chi connectivity index (χ2n) is 4.38. The van der Waals surface area contributed by atoms with E-state index in [9.17, 15) is 9.59 Å². The quantitative estimate of drug-likeness (QED) is 0.866. The monoisotopic (exact) mass is 272 g/mol. The number of carbonyl (C=O) groups is 2. The Labute approximate surface area is 114 Å². The molecule has 1 aliphatic rings. The van der Waals surface area contributed by atoms with Crippen LogP contribution in [0.1, 0.15) is 15.9 Å². The first-order valence-electron chi connectivity index (χ1n) is 5.93. The summed E-state index contributed by atoms with van der Waals surface area (Å²) in [5, 5.41) is 6.49. The second kappa shape index (κ2) is 4.85. The van der Waals surface area contributed by atoms with Crippen LogP contribution in [0.4, 0.5) is 5.69 Å². The molecule has 3 rings (SSSR count). The van der Waals surface area contributed by atoms with Gasteiger partial charge >= 0.3 is 0 Å². The van der Waals surface area contributed by atoms with E-state index in [0.29, 0.717) is 12.1 Å². The maximum Gasteiger partial charge on any atom is 0.255 e. The molecule has 0 aliphatic carbocycles. The van der Waals surface area contributed by atoms with E-state index in [4.69, 9.17) is 0 Å². The molecular formula is C14H12N2O2S. The number of fused-ring (bicyclic) bond motifs is 1. The lowest BCUT2D eigenvalue weighted by Crippen LogP contribution is -2.35. The summed E-state index contributed by atoms with van der Waals surface area (Å²) in [6.07, 6.45) is 0. The summed E-state index contributed by atoms with van der Waals surface area (Å²) in [5.41, 5.74) is 2.38. The van der Waals surface area contributed by atoms with Gasteiger partial charge in [-0.3, -0.25) is 9.59 Å². The first kappa shape index (κ1) is 11.9. The Kier molecular flexibility index (Phi) is 3.05. The molecule has 0 bridgehead atoms. The fourth-order valence-corrected chi connectivity index (χ4v) is 2.75. The summed E-state index contributed by atoms with van der Waals surface area (Å²) in [4.78, 5) is 25.7. The third kappa shape index (κ3) is 2.37. The molecule has 1 N–H and O–H groups in total. The second-order valence-corrected chi connectivity index (χ2v) is 5.16. The van der Waals surface area contributed by atoms with E-state index in [0.717, 1.165) is 11.3 Å². The highest BCUT2D eigenvalue weighted by Crippen LogP contribution is 2.21. The molecule has 96 valence electrons. The van der Waals surface area contributed by atoms with Gasteiger partial charge in [0, 0.05) is 17.6 Å². The molecular weight excluding hydrogens is 260 g/mol. The van der Waals surface area contributed by atoms with Crippen LogP contribution in [0.25, 0.3) is 0 Å². The highest BCUT2D eigenvalue weighted by molar-refractivity contribution is 7.08. The number of nitrogens with zero attached hydrogens (tertiary/aromatic N) is 1. The third-order valence-electron chi connectivity index (χ3n) is 3.04. The lowest BCUT2D eigenvalue weighted by atomic mass is 10.1. The number of carbonyl (C=O) groups excluding carboxylic acids is 2. The van der Waals surface area contributed by atoms with Crippen LogP contribution in [-0.4, -0.2) is 23.3 Å². The standard InChI is InChI=1S/C14H12N2O2S/c17-13-8-16(14(18)11-5-6-19-9-11)7-10-3-1-2-4-12(10)15-13/h1-6,9H,7-8H2,(H,15,17). The molecule has 2 heterocycles. The number of thiophene rings is 1. The number of benzene rings is 1. The molecule has 1 aliphatic heterocycles. The fraction of sp³-hybridized carbons (Fsp3) is 0.143. The smallest absolute Gasteiger partial charge is 0.255 e. The first-order valence-corrected chi connectivity index (χ1v) is 6.87. The average Bonchev–Trinajstić information content (AvgIpc) is 2.87. The van der Waals surface area contributed by atoms with Crippen molar-refractivity contribution in [2.24, 2.45) is 0 Å². The lowest BCUT2D eigenvalue weighted by Gasteiger charge is -2.18. The van der Waals surface area contributed by atoms with Crippen LogP contribution in [0, 0.1) is 0 Å². The molecule has 5 heteroatoms. The van der Waals surface area contributed by atoms with Crippen LogP contribution in [0.15, 0.2) is 41.1 Å². The Bertz CT molecular complexity index is 622. The van der Waals surface area contributed by atoms with E-state index in [1.54, 1.807) is 16.3 Å². The Morgan fingerprint density at radius 1 is 1.21 bits per heavy atom. The number of hydrogen-bond acceptors (Lipinski definition) is 3. The Morgan fingerprint density at radius 2 is 2.05 bits per heavy atom. The topological polar surface area (TPSA) is 49.4 Å². The minimum absolute atomic E-state index is 0.0867. The van der Waals surface area contributed by atoms with Gasteiger partial charge in [-0.2, -0.15) is 11.3 Å². The van der Waals surface area contributed by atoms with Gasteiger partial charge in [0.25, 0.3) is 5.91 Å². The zero-order valence-corrected chi connectivity index (χ0v) is 10.9. The number of nitrogens with one attached hydrogen (secondary N) is 1. The summed E-state index contributed by atoms with van der Waals surface area (Å²) < 4.78 is 0. The average molecular weight is 272 g/mol. The number of amides is 2. The molecule has 19 heavy (non-hydrogen) atoms. The zero-order valence-electron chi connectivity index (χ0n) is 10.1. The normalized spacial score (nSPS) is 14.5. The van der Waals surface area contributed by atoms with Gasteiger partial charge in [0.1, 0.15) is 6.54 Å². The van der Waals surface area contributed by atoms with E-state index < -0.39 is 0 Å². The zero-order chi connectivity index (χ0) is 13.2. The van der Waals surface area contributed by atoms with Crippen molar-refractivity contribution in [3.8, 4) is 0 Å². The predicted molar refractivity (Wildman–Crippen MR) is 74.1 cm³/mol. The minimum atomic E-state index is -0.159. The van der Waals surface area contributed by atoms with Crippen LogP contribution < -0.4 is 5.32 Å². The number of anilines is 1. The van der Waals surface area contributed by atoms with Gasteiger partial charge in [0.2, 0.25) is 5.91 Å². The summed E-state index contributed by atoms with van der Waals surface area (Å²) in [7, 11) is 0. The number of para-hydroxylation sites is 1. The van der Waals surface area contributed by atoms with Gasteiger partial charge in [0.15, 0.2) is 0 Å². The Morgan fingerprint density at radius 3 is 2.84 bits per heavy atom. The van der Waals surface area contributed by atoms with Gasteiger partial charge in [-0.05, 0) is 23.1 Å². The molecule has 0 saturated carbocycles. The maximum atomic E-state index is 12.3. The molecule has 1 aromatic carbocycles. The van der Waals surface area contributed by atoms with Crippen molar-refractivity contribution in [3.05, 3.63) is 52.2 Å². The van der Waals surface area contributed by atoms with E-state index in [1.807, 2.05) is 29.6 Å². The SMILES string of the molecule is O=C1CN(C(=O)c2ccsc2)Cc2ccccc2N1. The molecule has 0 atom stereocenters. The molecule has 0 radical (unpaired) electrons. The van der Waals surface area contributed by atoms with Gasteiger partial charge in [-0.25, -0.2) is 0 Å². The molecule has 0 spiro atoms. The summed E-state index contributed by atoms with van der Waals surface area (Å²) in [6, 6.07) is 9.33. The van der Waals surface area contributed by atoms with Crippen LogP contribution in [0.3, 0.4) is 0 Å². The van der Waals surface area contributed by atoms with Gasteiger partial charge < -0.3 is 10.2 Å². The van der Waals surface area contributed by atoms with E-state index in [2.05, 4.69) is 5.32 Å². The van der Waals surface area contributed by atoms with Crippen LogP contribution in [0.2, 0.25) is 0 Å². The van der Waals surface area contributed by atoms with Gasteiger partial charge in [-0.1, -0.05) is 18.2 Å².